The molecule has 20 heavy (non-hydrogen) atoms. The van der Waals surface area contributed by atoms with Gasteiger partial charge in [-0.15, -0.1) is 11.8 Å². The Balaban J connectivity index is 2.45. The van der Waals surface area contributed by atoms with E-state index in [1.165, 1.54) is 11.8 Å². The van der Waals surface area contributed by atoms with Gasteiger partial charge in [-0.3, -0.25) is 9.59 Å². The van der Waals surface area contributed by atoms with Gasteiger partial charge in [0.2, 0.25) is 5.91 Å². The second-order valence-electron chi connectivity index (χ2n) is 4.55. The molecule has 0 aromatic heterocycles. The molecule has 6 heteroatoms. The van der Waals surface area contributed by atoms with Crippen LogP contribution in [0.15, 0.2) is 30.3 Å². The Hall–Kier alpha value is -1.53. The number of hydrogen-bond acceptors (Lipinski definition) is 4. The van der Waals surface area contributed by atoms with E-state index < -0.39 is 12.0 Å². The number of rotatable bonds is 7. The zero-order valence-corrected chi connectivity index (χ0v) is 12.5. The molecule has 2 unspecified atom stereocenters. The minimum Gasteiger partial charge on any atom is -0.480 e. The summed E-state index contributed by atoms with van der Waals surface area (Å²) in [5.41, 5.74) is 6.45. The number of carboxylic acids is 1. The molecule has 0 bridgehead atoms. The van der Waals surface area contributed by atoms with Crippen LogP contribution < -0.4 is 5.73 Å². The fraction of sp³-hybridized carbons (Fsp3) is 0.429. The van der Waals surface area contributed by atoms with E-state index in [0.29, 0.717) is 0 Å². The normalized spacial score (nSPS) is 13.6. The third-order valence-corrected chi connectivity index (χ3v) is 4.14. The van der Waals surface area contributed by atoms with Gasteiger partial charge in [0.25, 0.3) is 0 Å². The van der Waals surface area contributed by atoms with Crippen LogP contribution in [0.25, 0.3) is 0 Å². The van der Waals surface area contributed by atoms with Gasteiger partial charge in [0.15, 0.2) is 0 Å². The molecule has 1 aromatic rings. The maximum Gasteiger partial charge on any atom is 0.321 e. The van der Waals surface area contributed by atoms with Crippen molar-refractivity contribution in [3.05, 3.63) is 35.9 Å². The van der Waals surface area contributed by atoms with Crippen molar-refractivity contribution in [2.24, 2.45) is 5.73 Å². The molecule has 2 atom stereocenters. The van der Waals surface area contributed by atoms with Gasteiger partial charge in [-0.25, -0.2) is 0 Å². The zero-order valence-electron chi connectivity index (χ0n) is 11.7. The van der Waals surface area contributed by atoms with Crippen molar-refractivity contribution in [2.45, 2.75) is 19.0 Å². The molecule has 0 aliphatic heterocycles. The molecule has 0 aliphatic rings. The number of hydrogen-bond donors (Lipinski definition) is 2. The summed E-state index contributed by atoms with van der Waals surface area (Å²) in [5, 5.41) is 8.66. The third-order valence-electron chi connectivity index (χ3n) is 3.10. The highest BCUT2D eigenvalue weighted by Crippen LogP contribution is 2.19. The van der Waals surface area contributed by atoms with Gasteiger partial charge in [-0.05, 0) is 12.5 Å². The Morgan fingerprint density at radius 3 is 2.50 bits per heavy atom. The molecule has 0 saturated heterocycles. The van der Waals surface area contributed by atoms with E-state index in [1.807, 2.05) is 37.3 Å². The lowest BCUT2D eigenvalue weighted by Gasteiger charge is -2.25. The number of carbonyl (C=O) groups is 2. The minimum atomic E-state index is -1.05. The van der Waals surface area contributed by atoms with Crippen LogP contribution in [0.4, 0.5) is 0 Å². The number of carbonyl (C=O) groups excluding carboxylic acids is 1. The lowest BCUT2D eigenvalue weighted by molar-refractivity contribution is -0.138. The second kappa shape index (κ2) is 7.91. The third kappa shape index (κ3) is 4.86. The van der Waals surface area contributed by atoms with Crippen LogP contribution in [0.5, 0.6) is 0 Å². The van der Waals surface area contributed by atoms with E-state index in [0.717, 1.165) is 5.56 Å². The van der Waals surface area contributed by atoms with Gasteiger partial charge < -0.3 is 15.7 Å². The Morgan fingerprint density at radius 2 is 1.95 bits per heavy atom. The first kappa shape index (κ1) is 16.5. The predicted octanol–water partition coefficient (Wildman–Crippen LogP) is 1.35. The van der Waals surface area contributed by atoms with Gasteiger partial charge in [0.05, 0.1) is 11.8 Å². The van der Waals surface area contributed by atoms with E-state index in [1.54, 1.807) is 11.9 Å². The molecule has 0 heterocycles. The van der Waals surface area contributed by atoms with Crippen molar-refractivity contribution >= 4 is 23.6 Å². The van der Waals surface area contributed by atoms with E-state index in [9.17, 15) is 9.59 Å². The topological polar surface area (TPSA) is 83.6 Å². The van der Waals surface area contributed by atoms with Crippen LogP contribution in [0.2, 0.25) is 0 Å². The molecule has 110 valence electrons. The smallest absolute Gasteiger partial charge is 0.321 e. The Bertz CT molecular complexity index is 453. The Labute approximate surface area is 123 Å². The highest BCUT2D eigenvalue weighted by Gasteiger charge is 2.18. The molecule has 1 rings (SSSR count). The summed E-state index contributed by atoms with van der Waals surface area (Å²) < 4.78 is 0. The van der Waals surface area contributed by atoms with Crippen LogP contribution in [0.1, 0.15) is 18.5 Å². The van der Waals surface area contributed by atoms with Gasteiger partial charge >= 0.3 is 5.97 Å². The minimum absolute atomic E-state index is 0.0163. The predicted molar refractivity (Wildman–Crippen MR) is 80.6 cm³/mol. The Kier molecular flexibility index (Phi) is 6.54. The average Bonchev–Trinajstić information content (AvgIpc) is 2.46. The molecule has 0 fully saturated rings. The standard InChI is InChI=1S/C14H20N2O3S/c1-10(11-6-4-3-5-7-11)16(2)13(17)9-20-8-12(15)14(18)19/h3-7,10,12H,8-9,15H2,1-2H3,(H,18,19). The van der Waals surface area contributed by atoms with Crippen molar-refractivity contribution in [1.82, 2.24) is 4.90 Å². The monoisotopic (exact) mass is 296 g/mol. The largest absolute Gasteiger partial charge is 0.480 e. The van der Waals surface area contributed by atoms with Crippen molar-refractivity contribution in [3.8, 4) is 0 Å². The maximum atomic E-state index is 12.0. The van der Waals surface area contributed by atoms with Crippen LogP contribution in [0, 0.1) is 0 Å². The molecular weight excluding hydrogens is 276 g/mol. The summed E-state index contributed by atoms with van der Waals surface area (Å²) in [6, 6.07) is 8.81. The zero-order chi connectivity index (χ0) is 15.1. The van der Waals surface area contributed by atoms with Crippen molar-refractivity contribution in [1.29, 1.82) is 0 Å². The highest BCUT2D eigenvalue weighted by molar-refractivity contribution is 8.00. The molecule has 0 aliphatic carbocycles. The lowest BCUT2D eigenvalue weighted by Crippen LogP contribution is -2.34. The molecule has 0 radical (unpaired) electrons. The quantitative estimate of drug-likeness (QED) is 0.793. The SMILES string of the molecule is CC(c1ccccc1)N(C)C(=O)CSCC(N)C(=O)O. The molecule has 3 N–H and O–H groups in total. The second-order valence-corrected chi connectivity index (χ2v) is 5.58. The fourth-order valence-corrected chi connectivity index (χ4v) is 2.51. The van der Waals surface area contributed by atoms with Crippen molar-refractivity contribution in [3.63, 3.8) is 0 Å². The summed E-state index contributed by atoms with van der Waals surface area (Å²) in [7, 11) is 1.75. The molecule has 0 saturated carbocycles. The number of nitrogens with two attached hydrogens (primary N) is 1. The van der Waals surface area contributed by atoms with Gasteiger partial charge in [0.1, 0.15) is 6.04 Å². The van der Waals surface area contributed by atoms with Gasteiger partial charge in [-0.2, -0.15) is 0 Å². The van der Waals surface area contributed by atoms with Gasteiger partial charge in [-0.1, -0.05) is 30.3 Å². The molecular formula is C14H20N2O3S. The van der Waals surface area contributed by atoms with E-state index >= 15 is 0 Å². The summed E-state index contributed by atoms with van der Waals surface area (Å²) in [5.74, 6) is -0.622. The number of thioether (sulfide) groups is 1. The molecule has 1 amide bonds. The van der Waals surface area contributed by atoms with E-state index in [4.69, 9.17) is 10.8 Å². The molecule has 1 aromatic carbocycles. The van der Waals surface area contributed by atoms with Crippen molar-refractivity contribution in [2.75, 3.05) is 18.6 Å². The Morgan fingerprint density at radius 1 is 1.35 bits per heavy atom. The van der Waals surface area contributed by atoms with Gasteiger partial charge in [0, 0.05) is 12.8 Å². The highest BCUT2D eigenvalue weighted by atomic mass is 32.2. The number of nitrogens with zero attached hydrogens (tertiary/aromatic N) is 1. The van der Waals surface area contributed by atoms with E-state index in [-0.39, 0.29) is 23.5 Å². The van der Waals surface area contributed by atoms with Crippen LogP contribution >= 0.6 is 11.8 Å². The lowest BCUT2D eigenvalue weighted by atomic mass is 10.1. The van der Waals surface area contributed by atoms with E-state index in [2.05, 4.69) is 0 Å². The van der Waals surface area contributed by atoms with Crippen LogP contribution in [-0.4, -0.2) is 46.5 Å². The number of carboxylic acid groups (broad SMARTS) is 1. The fourth-order valence-electron chi connectivity index (χ4n) is 1.62. The van der Waals surface area contributed by atoms with Crippen LogP contribution in [0.3, 0.4) is 0 Å². The molecule has 5 nitrogen and oxygen atoms in total. The summed E-state index contributed by atoms with van der Waals surface area (Å²) in [6.45, 7) is 1.96. The summed E-state index contributed by atoms with van der Waals surface area (Å²) in [4.78, 5) is 24.3. The first-order chi connectivity index (χ1) is 9.43. The first-order valence-corrected chi connectivity index (χ1v) is 7.45. The van der Waals surface area contributed by atoms with Crippen molar-refractivity contribution < 1.29 is 14.7 Å². The first-order valence-electron chi connectivity index (χ1n) is 6.30. The maximum absolute atomic E-state index is 12.0. The summed E-state index contributed by atoms with van der Waals surface area (Å²) >= 11 is 1.24. The molecule has 0 spiro atoms. The number of aliphatic carboxylic acids is 1. The summed E-state index contributed by atoms with van der Waals surface area (Å²) in [6.07, 6.45) is 0. The average molecular weight is 296 g/mol. The van der Waals surface area contributed by atoms with Crippen LogP contribution in [-0.2, 0) is 9.59 Å². The number of benzene rings is 1. The number of amides is 1.